The molecule has 7 heteroatoms. The van der Waals surface area contributed by atoms with Gasteiger partial charge < -0.3 is 10.0 Å². The number of hydrogen-bond acceptors (Lipinski definition) is 2. The molecular formula is C13H12ClF2NO3. The fourth-order valence-electron chi connectivity index (χ4n) is 2.19. The highest BCUT2D eigenvalue weighted by Crippen LogP contribution is 2.23. The molecule has 1 fully saturated rings. The molecule has 0 atom stereocenters. The van der Waals surface area contributed by atoms with Crippen molar-refractivity contribution in [1.29, 1.82) is 0 Å². The lowest BCUT2D eigenvalue weighted by Gasteiger charge is -2.30. The number of amides is 1. The van der Waals surface area contributed by atoms with Crippen LogP contribution in [0.3, 0.4) is 0 Å². The summed E-state index contributed by atoms with van der Waals surface area (Å²) in [6.07, 6.45) is 0.609. The van der Waals surface area contributed by atoms with E-state index in [1.165, 1.54) is 4.90 Å². The summed E-state index contributed by atoms with van der Waals surface area (Å²) in [5.41, 5.74) is -0.388. The molecule has 1 aliphatic heterocycles. The van der Waals surface area contributed by atoms with Gasteiger partial charge in [-0.05, 0) is 25.0 Å². The quantitative estimate of drug-likeness (QED) is 0.854. The summed E-state index contributed by atoms with van der Waals surface area (Å²) < 4.78 is 27.0. The number of nitrogens with zero attached hydrogens (tertiary/aromatic N) is 1. The van der Waals surface area contributed by atoms with E-state index in [2.05, 4.69) is 0 Å². The monoisotopic (exact) mass is 303 g/mol. The van der Waals surface area contributed by atoms with Gasteiger partial charge in [0, 0.05) is 13.1 Å². The average molecular weight is 304 g/mol. The molecule has 0 spiro atoms. The Morgan fingerprint density at radius 1 is 1.20 bits per heavy atom. The smallest absolute Gasteiger partial charge is 0.306 e. The Balaban J connectivity index is 2.13. The molecule has 20 heavy (non-hydrogen) atoms. The molecule has 0 unspecified atom stereocenters. The third-order valence-corrected chi connectivity index (χ3v) is 3.66. The Kier molecular flexibility index (Phi) is 4.23. The second kappa shape index (κ2) is 5.75. The number of piperidine rings is 1. The molecule has 0 aromatic heterocycles. The van der Waals surface area contributed by atoms with Crippen LogP contribution in [0, 0.1) is 17.6 Å². The van der Waals surface area contributed by atoms with Crippen LogP contribution >= 0.6 is 11.6 Å². The minimum Gasteiger partial charge on any atom is -0.481 e. The summed E-state index contributed by atoms with van der Waals surface area (Å²) in [5.74, 6) is -3.80. The van der Waals surface area contributed by atoms with Gasteiger partial charge >= 0.3 is 5.97 Å². The van der Waals surface area contributed by atoms with Crippen molar-refractivity contribution in [2.24, 2.45) is 5.92 Å². The fraction of sp³-hybridized carbons (Fsp3) is 0.385. The predicted molar refractivity (Wildman–Crippen MR) is 67.6 cm³/mol. The first-order chi connectivity index (χ1) is 9.40. The van der Waals surface area contributed by atoms with Crippen LogP contribution < -0.4 is 0 Å². The highest BCUT2D eigenvalue weighted by Gasteiger charge is 2.29. The molecule has 1 aromatic carbocycles. The Hall–Kier alpha value is -1.69. The Bertz CT molecular complexity index is 557. The average Bonchev–Trinajstić information content (AvgIpc) is 2.42. The first kappa shape index (κ1) is 14.7. The summed E-state index contributed by atoms with van der Waals surface area (Å²) in [6.45, 7) is 0.416. The zero-order valence-electron chi connectivity index (χ0n) is 10.4. The van der Waals surface area contributed by atoms with E-state index >= 15 is 0 Å². The standard InChI is InChI=1S/C13H12ClF2NO3/c14-9-6-10(15)8(5-11(9)16)12(18)17-3-1-7(2-4-17)13(19)20/h5-7H,1-4H2,(H,19,20). The Morgan fingerprint density at radius 2 is 1.80 bits per heavy atom. The van der Waals surface area contributed by atoms with Crippen molar-refractivity contribution in [3.8, 4) is 0 Å². The van der Waals surface area contributed by atoms with Gasteiger partial charge in [0.05, 0.1) is 16.5 Å². The number of likely N-dealkylation sites (tertiary alicyclic amines) is 1. The van der Waals surface area contributed by atoms with Crippen LogP contribution in [0.15, 0.2) is 12.1 Å². The number of carbonyl (C=O) groups is 2. The number of carboxylic acids is 1. The van der Waals surface area contributed by atoms with E-state index in [-0.39, 0.29) is 23.7 Å². The maximum Gasteiger partial charge on any atom is 0.306 e. The van der Waals surface area contributed by atoms with Crippen molar-refractivity contribution in [1.82, 2.24) is 4.90 Å². The maximum absolute atomic E-state index is 13.6. The van der Waals surface area contributed by atoms with Gasteiger partial charge in [-0.15, -0.1) is 0 Å². The van der Waals surface area contributed by atoms with Crippen molar-refractivity contribution in [3.05, 3.63) is 34.4 Å². The number of aliphatic carboxylic acids is 1. The zero-order valence-corrected chi connectivity index (χ0v) is 11.2. The Morgan fingerprint density at radius 3 is 2.35 bits per heavy atom. The maximum atomic E-state index is 13.6. The molecule has 0 saturated carbocycles. The van der Waals surface area contributed by atoms with Gasteiger partial charge in [0.2, 0.25) is 0 Å². The van der Waals surface area contributed by atoms with Gasteiger partial charge in [0.1, 0.15) is 11.6 Å². The van der Waals surface area contributed by atoms with Gasteiger partial charge in [-0.1, -0.05) is 11.6 Å². The van der Waals surface area contributed by atoms with Gasteiger partial charge in [0.25, 0.3) is 5.91 Å². The van der Waals surface area contributed by atoms with Crippen LogP contribution in [-0.2, 0) is 4.79 Å². The molecule has 1 N–H and O–H groups in total. The normalized spacial score (nSPS) is 16.2. The summed E-state index contributed by atoms with van der Waals surface area (Å²) >= 11 is 5.43. The van der Waals surface area contributed by atoms with Crippen LogP contribution in [0.5, 0.6) is 0 Å². The summed E-state index contributed by atoms with van der Waals surface area (Å²) in [5, 5.41) is 8.48. The lowest BCUT2D eigenvalue weighted by molar-refractivity contribution is -0.143. The predicted octanol–water partition coefficient (Wildman–Crippen LogP) is 2.56. The highest BCUT2D eigenvalue weighted by molar-refractivity contribution is 6.30. The summed E-state index contributed by atoms with van der Waals surface area (Å²) in [6, 6.07) is 1.53. The van der Waals surface area contributed by atoms with Crippen LogP contribution in [0.4, 0.5) is 8.78 Å². The Labute approximate surface area is 118 Å². The zero-order chi connectivity index (χ0) is 14.9. The summed E-state index contributed by atoms with van der Waals surface area (Å²) in [4.78, 5) is 24.2. The SMILES string of the molecule is O=C(O)C1CCN(C(=O)c2cc(F)c(Cl)cc2F)CC1. The third-order valence-electron chi connectivity index (χ3n) is 3.37. The molecular weight excluding hydrogens is 292 g/mol. The number of halogens is 3. The van der Waals surface area contributed by atoms with E-state index < -0.39 is 29.4 Å². The van der Waals surface area contributed by atoms with Gasteiger partial charge in [-0.3, -0.25) is 9.59 Å². The number of benzene rings is 1. The van der Waals surface area contributed by atoms with Crippen LogP contribution in [0.25, 0.3) is 0 Å². The molecule has 1 amide bonds. The van der Waals surface area contributed by atoms with Crippen molar-refractivity contribution >= 4 is 23.5 Å². The first-order valence-corrected chi connectivity index (χ1v) is 6.44. The minimum atomic E-state index is -0.902. The fourth-order valence-corrected chi connectivity index (χ4v) is 2.34. The minimum absolute atomic E-state index is 0.208. The van der Waals surface area contributed by atoms with Crippen LogP contribution in [0.1, 0.15) is 23.2 Å². The van der Waals surface area contributed by atoms with Crippen molar-refractivity contribution in [3.63, 3.8) is 0 Å². The molecule has 1 saturated heterocycles. The number of carboxylic acid groups (broad SMARTS) is 1. The molecule has 1 heterocycles. The molecule has 0 aliphatic carbocycles. The largest absolute Gasteiger partial charge is 0.481 e. The van der Waals surface area contributed by atoms with Gasteiger partial charge in [-0.2, -0.15) is 0 Å². The number of hydrogen-bond donors (Lipinski definition) is 1. The van der Waals surface area contributed by atoms with E-state index in [0.717, 1.165) is 12.1 Å². The number of carbonyl (C=O) groups excluding carboxylic acids is 1. The molecule has 4 nitrogen and oxygen atoms in total. The second-order valence-electron chi connectivity index (χ2n) is 4.65. The third kappa shape index (κ3) is 2.90. The molecule has 1 aliphatic rings. The van der Waals surface area contributed by atoms with E-state index in [9.17, 15) is 18.4 Å². The number of rotatable bonds is 2. The molecule has 0 bridgehead atoms. The summed E-state index contributed by atoms with van der Waals surface area (Å²) in [7, 11) is 0. The van der Waals surface area contributed by atoms with Crippen LogP contribution in [-0.4, -0.2) is 35.0 Å². The van der Waals surface area contributed by atoms with Gasteiger partial charge in [-0.25, -0.2) is 8.78 Å². The highest BCUT2D eigenvalue weighted by atomic mass is 35.5. The lowest BCUT2D eigenvalue weighted by atomic mass is 9.96. The molecule has 2 rings (SSSR count). The van der Waals surface area contributed by atoms with E-state index in [4.69, 9.17) is 16.7 Å². The van der Waals surface area contributed by atoms with Crippen molar-refractivity contribution in [2.75, 3.05) is 13.1 Å². The van der Waals surface area contributed by atoms with Gasteiger partial charge in [0.15, 0.2) is 0 Å². The topological polar surface area (TPSA) is 57.6 Å². The molecule has 0 radical (unpaired) electrons. The van der Waals surface area contributed by atoms with Crippen molar-refractivity contribution < 1.29 is 23.5 Å². The molecule has 1 aromatic rings. The van der Waals surface area contributed by atoms with E-state index in [1.807, 2.05) is 0 Å². The second-order valence-corrected chi connectivity index (χ2v) is 5.06. The van der Waals surface area contributed by atoms with E-state index in [0.29, 0.717) is 12.8 Å². The first-order valence-electron chi connectivity index (χ1n) is 6.06. The lowest BCUT2D eigenvalue weighted by Crippen LogP contribution is -2.40. The molecule has 108 valence electrons. The van der Waals surface area contributed by atoms with Crippen LogP contribution in [0.2, 0.25) is 5.02 Å². The van der Waals surface area contributed by atoms with E-state index in [1.54, 1.807) is 0 Å². The van der Waals surface area contributed by atoms with Crippen molar-refractivity contribution in [2.45, 2.75) is 12.8 Å².